The molecule has 6 heteroatoms. The predicted octanol–water partition coefficient (Wildman–Crippen LogP) is 3.92. The van der Waals surface area contributed by atoms with Crippen LogP contribution >= 0.6 is 11.6 Å². The second-order valence-electron chi connectivity index (χ2n) is 7.14. The number of amides is 1. The van der Waals surface area contributed by atoms with Gasteiger partial charge in [-0.2, -0.15) is 5.10 Å². The van der Waals surface area contributed by atoms with Crippen molar-refractivity contribution in [2.45, 2.75) is 25.4 Å². The Labute approximate surface area is 169 Å². The van der Waals surface area contributed by atoms with Gasteiger partial charge in [0.05, 0.1) is 11.3 Å². The minimum Gasteiger partial charge on any atom is -0.348 e. The van der Waals surface area contributed by atoms with E-state index in [0.717, 1.165) is 43.2 Å². The lowest BCUT2D eigenvalue weighted by Crippen LogP contribution is -2.47. The van der Waals surface area contributed by atoms with Crippen LogP contribution in [0.1, 0.15) is 28.8 Å². The number of nitrogens with zero attached hydrogens (tertiary/aromatic N) is 3. The van der Waals surface area contributed by atoms with Gasteiger partial charge < -0.3 is 5.32 Å². The molecule has 28 heavy (non-hydrogen) atoms. The van der Waals surface area contributed by atoms with Gasteiger partial charge in [-0.25, -0.2) is 4.68 Å². The maximum absolute atomic E-state index is 12.9. The molecule has 1 saturated heterocycles. The molecule has 0 aliphatic carbocycles. The average Bonchev–Trinajstić information content (AvgIpc) is 3.25. The third kappa shape index (κ3) is 4.43. The quantitative estimate of drug-likeness (QED) is 0.713. The van der Waals surface area contributed by atoms with Gasteiger partial charge in [0.25, 0.3) is 5.91 Å². The van der Waals surface area contributed by atoms with Gasteiger partial charge in [0, 0.05) is 36.5 Å². The van der Waals surface area contributed by atoms with Gasteiger partial charge in [0.1, 0.15) is 0 Å². The zero-order valence-corrected chi connectivity index (χ0v) is 16.3. The molecule has 0 unspecified atom stereocenters. The molecule has 0 saturated carbocycles. The van der Waals surface area contributed by atoms with Crippen LogP contribution in [0.4, 0.5) is 0 Å². The summed E-state index contributed by atoms with van der Waals surface area (Å²) in [6.07, 6.45) is 5.62. The Hall–Kier alpha value is -2.63. The normalized spacial score (nSPS) is 17.4. The van der Waals surface area contributed by atoms with E-state index in [1.165, 1.54) is 5.56 Å². The molecule has 0 bridgehead atoms. The van der Waals surface area contributed by atoms with Crippen molar-refractivity contribution in [2.75, 3.05) is 13.1 Å². The van der Waals surface area contributed by atoms with Gasteiger partial charge in [-0.15, -0.1) is 0 Å². The number of benzene rings is 2. The van der Waals surface area contributed by atoms with Crippen molar-refractivity contribution in [3.63, 3.8) is 0 Å². The molecule has 1 fully saturated rings. The zero-order valence-electron chi connectivity index (χ0n) is 15.6. The number of carbonyl (C=O) groups excluding carboxylic acids is 1. The van der Waals surface area contributed by atoms with Crippen LogP contribution in [0.25, 0.3) is 5.69 Å². The van der Waals surface area contributed by atoms with E-state index in [1.807, 2.05) is 48.7 Å². The van der Waals surface area contributed by atoms with Gasteiger partial charge in [0.15, 0.2) is 0 Å². The third-order valence-corrected chi connectivity index (χ3v) is 5.31. The second-order valence-corrected chi connectivity index (χ2v) is 7.58. The Kier molecular flexibility index (Phi) is 5.74. The van der Waals surface area contributed by atoms with Gasteiger partial charge in [-0.05, 0) is 55.3 Å². The van der Waals surface area contributed by atoms with E-state index >= 15 is 0 Å². The third-order valence-electron chi connectivity index (χ3n) is 5.06. The summed E-state index contributed by atoms with van der Waals surface area (Å²) in [5.41, 5.74) is 2.67. The van der Waals surface area contributed by atoms with Crippen LogP contribution in [0, 0.1) is 0 Å². The largest absolute Gasteiger partial charge is 0.348 e. The van der Waals surface area contributed by atoms with Crippen LogP contribution in [0.5, 0.6) is 0 Å². The van der Waals surface area contributed by atoms with Crippen molar-refractivity contribution in [1.82, 2.24) is 20.0 Å². The maximum atomic E-state index is 12.9. The van der Waals surface area contributed by atoms with Crippen LogP contribution in [-0.2, 0) is 6.54 Å². The number of nitrogens with one attached hydrogen (secondary N) is 1. The topological polar surface area (TPSA) is 50.2 Å². The highest BCUT2D eigenvalue weighted by Crippen LogP contribution is 2.18. The molecule has 3 aromatic rings. The molecule has 1 aromatic heterocycles. The van der Waals surface area contributed by atoms with Crippen molar-refractivity contribution < 1.29 is 4.79 Å². The number of hydrogen-bond donors (Lipinski definition) is 1. The Morgan fingerprint density at radius 1 is 1.14 bits per heavy atom. The van der Waals surface area contributed by atoms with E-state index in [-0.39, 0.29) is 11.9 Å². The summed E-state index contributed by atoms with van der Waals surface area (Å²) in [5.74, 6) is -0.0514. The molecule has 1 aliphatic rings. The minimum atomic E-state index is -0.0514. The number of carbonyl (C=O) groups is 1. The zero-order chi connectivity index (χ0) is 19.3. The first-order valence-electron chi connectivity index (χ1n) is 9.56. The van der Waals surface area contributed by atoms with Crippen molar-refractivity contribution in [3.8, 4) is 5.69 Å². The molecule has 1 N–H and O–H groups in total. The first-order valence-corrected chi connectivity index (χ1v) is 9.93. The van der Waals surface area contributed by atoms with Crippen LogP contribution in [-0.4, -0.2) is 39.7 Å². The Balaban J connectivity index is 1.41. The Morgan fingerprint density at radius 2 is 1.96 bits per heavy atom. The molecular weight excluding hydrogens is 372 g/mol. The lowest BCUT2D eigenvalue weighted by Gasteiger charge is -2.33. The number of likely N-dealkylation sites (tertiary alicyclic amines) is 1. The summed E-state index contributed by atoms with van der Waals surface area (Å²) >= 11 is 5.98. The summed E-state index contributed by atoms with van der Waals surface area (Å²) in [7, 11) is 0. The summed E-state index contributed by atoms with van der Waals surface area (Å²) in [6.45, 7) is 2.75. The van der Waals surface area contributed by atoms with Crippen molar-refractivity contribution in [3.05, 3.63) is 83.1 Å². The van der Waals surface area contributed by atoms with Gasteiger partial charge in [-0.1, -0.05) is 35.9 Å². The van der Waals surface area contributed by atoms with Gasteiger partial charge in [-0.3, -0.25) is 9.69 Å². The van der Waals surface area contributed by atoms with Crippen LogP contribution in [0.2, 0.25) is 5.02 Å². The van der Waals surface area contributed by atoms with E-state index in [4.69, 9.17) is 11.6 Å². The fraction of sp³-hybridized carbons (Fsp3) is 0.273. The number of rotatable bonds is 5. The number of halogens is 1. The second kappa shape index (κ2) is 8.59. The van der Waals surface area contributed by atoms with Crippen molar-refractivity contribution in [1.29, 1.82) is 0 Å². The molecule has 0 spiro atoms. The highest BCUT2D eigenvalue weighted by Gasteiger charge is 2.23. The fourth-order valence-corrected chi connectivity index (χ4v) is 3.83. The van der Waals surface area contributed by atoms with Gasteiger partial charge in [0.2, 0.25) is 0 Å². The molecule has 2 heterocycles. The summed E-state index contributed by atoms with van der Waals surface area (Å²) < 4.78 is 1.72. The summed E-state index contributed by atoms with van der Waals surface area (Å²) in [4.78, 5) is 15.3. The number of piperidine rings is 1. The molecule has 144 valence electrons. The first kappa shape index (κ1) is 18.7. The summed E-state index contributed by atoms with van der Waals surface area (Å²) in [5, 5.41) is 8.23. The number of aromatic nitrogens is 2. The average molecular weight is 395 g/mol. The fourth-order valence-electron chi connectivity index (χ4n) is 3.70. The molecule has 0 radical (unpaired) electrons. The van der Waals surface area contributed by atoms with E-state index in [0.29, 0.717) is 5.56 Å². The number of para-hydroxylation sites is 1. The van der Waals surface area contributed by atoms with Gasteiger partial charge >= 0.3 is 0 Å². The summed E-state index contributed by atoms with van der Waals surface area (Å²) in [6, 6.07) is 17.5. The Bertz CT molecular complexity index is 924. The number of hydrogen-bond acceptors (Lipinski definition) is 3. The van der Waals surface area contributed by atoms with E-state index in [1.54, 1.807) is 10.9 Å². The first-order chi connectivity index (χ1) is 13.7. The predicted molar refractivity (Wildman–Crippen MR) is 111 cm³/mol. The molecule has 5 nitrogen and oxygen atoms in total. The smallest absolute Gasteiger partial charge is 0.253 e. The molecular formula is C22H23ClN4O. The van der Waals surface area contributed by atoms with E-state index in [9.17, 15) is 4.79 Å². The minimum absolute atomic E-state index is 0.0514. The SMILES string of the molecule is O=C(N[C@H]1CCCN(Cc2ccc(Cl)cc2)C1)c1ccccc1-n1cccn1. The monoisotopic (exact) mass is 394 g/mol. The maximum Gasteiger partial charge on any atom is 0.253 e. The molecule has 1 atom stereocenters. The van der Waals surface area contributed by atoms with E-state index in [2.05, 4.69) is 27.4 Å². The standard InChI is InChI=1S/C22H23ClN4O/c23-18-10-8-17(9-11-18)15-26-13-3-5-19(16-26)25-22(28)20-6-1-2-7-21(20)27-14-4-12-24-27/h1-2,4,6-12,14,19H,3,5,13,15-16H2,(H,25,28)/t19-/m0/s1. The van der Waals surface area contributed by atoms with E-state index < -0.39 is 0 Å². The lowest BCUT2D eigenvalue weighted by molar-refractivity contribution is 0.0900. The molecule has 4 rings (SSSR count). The molecule has 2 aromatic carbocycles. The van der Waals surface area contributed by atoms with Crippen molar-refractivity contribution >= 4 is 17.5 Å². The lowest BCUT2D eigenvalue weighted by atomic mass is 10.0. The Morgan fingerprint density at radius 3 is 2.75 bits per heavy atom. The highest BCUT2D eigenvalue weighted by molar-refractivity contribution is 6.30. The van der Waals surface area contributed by atoms with Crippen LogP contribution in [0.3, 0.4) is 0 Å². The molecule has 1 aliphatic heterocycles. The van der Waals surface area contributed by atoms with Crippen LogP contribution < -0.4 is 5.32 Å². The highest BCUT2D eigenvalue weighted by atomic mass is 35.5. The molecule has 1 amide bonds. The van der Waals surface area contributed by atoms with Crippen LogP contribution in [0.15, 0.2) is 67.0 Å². The van der Waals surface area contributed by atoms with Crippen molar-refractivity contribution in [2.24, 2.45) is 0 Å².